The van der Waals surface area contributed by atoms with Crippen molar-refractivity contribution in [1.29, 1.82) is 0 Å². The van der Waals surface area contributed by atoms with Gasteiger partial charge < -0.3 is 14.0 Å². The summed E-state index contributed by atoms with van der Waals surface area (Å²) in [5.74, 6) is 1.38. The van der Waals surface area contributed by atoms with Crippen molar-refractivity contribution >= 4 is 10.9 Å². The summed E-state index contributed by atoms with van der Waals surface area (Å²) in [4.78, 5) is 26.8. The van der Waals surface area contributed by atoms with Crippen LogP contribution in [-0.2, 0) is 14.1 Å². The lowest BCUT2D eigenvalue weighted by Gasteiger charge is -2.30. The Labute approximate surface area is 207 Å². The number of para-hydroxylation sites is 2. The first-order chi connectivity index (χ1) is 17.4. The first kappa shape index (κ1) is 22.0. The average Bonchev–Trinajstić information content (AvgIpc) is 3.27. The maximum atomic E-state index is 13.7. The van der Waals surface area contributed by atoms with Crippen LogP contribution < -0.4 is 20.7 Å². The van der Waals surface area contributed by atoms with E-state index in [1.165, 1.54) is 11.6 Å². The van der Waals surface area contributed by atoms with E-state index in [1.807, 2.05) is 79.7 Å². The minimum absolute atomic E-state index is 0.340. The molecule has 0 aliphatic carbocycles. The predicted octanol–water partition coefficient (Wildman–Crippen LogP) is 4.49. The van der Waals surface area contributed by atoms with E-state index in [9.17, 15) is 9.59 Å². The summed E-state index contributed by atoms with van der Waals surface area (Å²) >= 11 is 0. The highest BCUT2D eigenvalue weighted by atomic mass is 16.5. The van der Waals surface area contributed by atoms with Crippen LogP contribution in [0.25, 0.3) is 27.8 Å². The molecule has 0 radical (unpaired) electrons. The summed E-state index contributed by atoms with van der Waals surface area (Å²) in [6.07, 6.45) is -0.575. The van der Waals surface area contributed by atoms with Crippen molar-refractivity contribution < 1.29 is 9.47 Å². The van der Waals surface area contributed by atoms with Gasteiger partial charge in [-0.2, -0.15) is 0 Å². The van der Waals surface area contributed by atoms with E-state index < -0.39 is 6.10 Å². The number of aryl methyl sites for hydroxylation is 2. The topological polar surface area (TPSA) is 67.4 Å². The van der Waals surface area contributed by atoms with Crippen molar-refractivity contribution in [2.75, 3.05) is 7.11 Å². The van der Waals surface area contributed by atoms with Crippen molar-refractivity contribution in [3.63, 3.8) is 0 Å². The Kier molecular flexibility index (Phi) is 4.89. The normalized spacial score (nSPS) is 14.3. The lowest BCUT2D eigenvalue weighted by Crippen LogP contribution is -2.37. The Bertz CT molecular complexity index is 1770. The number of methoxy groups -OCH3 is 1. The Morgan fingerprint density at radius 2 is 1.64 bits per heavy atom. The molecule has 0 amide bonds. The van der Waals surface area contributed by atoms with Gasteiger partial charge >= 0.3 is 5.69 Å². The van der Waals surface area contributed by atoms with Gasteiger partial charge in [0.25, 0.3) is 5.56 Å². The Morgan fingerprint density at radius 3 is 2.39 bits per heavy atom. The molecule has 5 aromatic rings. The minimum Gasteiger partial charge on any atom is -0.497 e. The van der Waals surface area contributed by atoms with Gasteiger partial charge in [0.1, 0.15) is 11.5 Å². The van der Waals surface area contributed by atoms with E-state index in [1.54, 1.807) is 18.7 Å². The molecule has 3 heterocycles. The molecule has 0 bridgehead atoms. The number of rotatable bonds is 3. The van der Waals surface area contributed by atoms with E-state index in [0.29, 0.717) is 22.4 Å². The fourth-order valence-corrected chi connectivity index (χ4v) is 5.13. The third-order valence-corrected chi connectivity index (χ3v) is 6.93. The molecule has 2 aromatic heterocycles. The van der Waals surface area contributed by atoms with Crippen LogP contribution >= 0.6 is 0 Å². The number of nitrogens with zero attached hydrogens (tertiary/aromatic N) is 3. The molecule has 0 saturated heterocycles. The average molecular weight is 480 g/mol. The fraction of sp³-hybridized carbons (Fsp3) is 0.172. The van der Waals surface area contributed by atoms with Gasteiger partial charge in [0.05, 0.1) is 35.1 Å². The van der Waals surface area contributed by atoms with E-state index >= 15 is 0 Å². The second-order valence-electron chi connectivity index (χ2n) is 9.11. The zero-order valence-electron chi connectivity index (χ0n) is 20.5. The summed E-state index contributed by atoms with van der Waals surface area (Å²) in [6, 6.07) is 23.5. The number of fused-ring (bicyclic) bond motifs is 5. The summed E-state index contributed by atoms with van der Waals surface area (Å²) in [6.45, 7) is 2.03. The molecular weight excluding hydrogens is 454 g/mol. The zero-order valence-corrected chi connectivity index (χ0v) is 20.5. The van der Waals surface area contributed by atoms with Gasteiger partial charge in [-0.1, -0.05) is 54.1 Å². The van der Waals surface area contributed by atoms with Crippen LogP contribution in [0.2, 0.25) is 0 Å². The van der Waals surface area contributed by atoms with Crippen molar-refractivity contribution in [2.45, 2.75) is 13.0 Å². The van der Waals surface area contributed by atoms with Crippen LogP contribution in [0.1, 0.15) is 22.9 Å². The monoisotopic (exact) mass is 479 g/mol. The highest BCUT2D eigenvalue weighted by molar-refractivity contribution is 5.98. The summed E-state index contributed by atoms with van der Waals surface area (Å²) in [5.41, 5.74) is 4.96. The number of benzene rings is 3. The van der Waals surface area contributed by atoms with Crippen molar-refractivity contribution in [3.05, 3.63) is 110 Å². The summed E-state index contributed by atoms with van der Waals surface area (Å²) < 4.78 is 16.9. The SMILES string of the molecule is COc1cccc([C@@H]2Oc3ccccc3-n3c(-c4ccc(C)cc4)c4c(=O)n(C)c(=O)n(C)c4c32)c1. The number of ether oxygens (including phenoxy) is 2. The molecule has 1 aliphatic rings. The lowest BCUT2D eigenvalue weighted by atomic mass is 10.0. The second-order valence-corrected chi connectivity index (χ2v) is 9.11. The quantitative estimate of drug-likeness (QED) is 0.382. The number of aromatic nitrogens is 3. The standard InChI is InChI=1S/C29H25N3O4/c1-17-12-14-18(15-13-17)24-23-25(30(2)29(34)31(3)28(23)33)26-27(19-8-7-9-20(16-19)35-4)36-22-11-6-5-10-21(22)32(24)26/h5-16,27H,1-4H3/t27-/m0/s1. The number of hydrogen-bond donors (Lipinski definition) is 0. The van der Waals surface area contributed by atoms with Crippen LogP contribution in [0.5, 0.6) is 11.5 Å². The third kappa shape index (κ3) is 3.05. The molecule has 0 N–H and O–H groups in total. The zero-order chi connectivity index (χ0) is 25.1. The molecule has 7 heteroatoms. The van der Waals surface area contributed by atoms with Gasteiger partial charge in [-0.05, 0) is 36.8 Å². The van der Waals surface area contributed by atoms with Crippen molar-refractivity contribution in [2.24, 2.45) is 14.1 Å². The second kappa shape index (κ2) is 8.02. The molecule has 180 valence electrons. The molecule has 1 atom stereocenters. The van der Waals surface area contributed by atoms with Crippen LogP contribution in [0, 0.1) is 6.92 Å². The van der Waals surface area contributed by atoms with Crippen LogP contribution in [0.4, 0.5) is 0 Å². The van der Waals surface area contributed by atoms with Crippen molar-refractivity contribution in [1.82, 2.24) is 13.7 Å². The van der Waals surface area contributed by atoms with Gasteiger partial charge in [0.15, 0.2) is 6.10 Å². The molecule has 36 heavy (non-hydrogen) atoms. The number of hydrogen-bond acceptors (Lipinski definition) is 4. The van der Waals surface area contributed by atoms with E-state index in [-0.39, 0.29) is 11.2 Å². The maximum Gasteiger partial charge on any atom is 0.331 e. The first-order valence-corrected chi connectivity index (χ1v) is 11.7. The largest absolute Gasteiger partial charge is 0.497 e. The van der Waals surface area contributed by atoms with Crippen LogP contribution in [-0.4, -0.2) is 20.8 Å². The minimum atomic E-state index is -0.575. The molecule has 7 nitrogen and oxygen atoms in total. The molecule has 0 spiro atoms. The molecular formula is C29H25N3O4. The predicted molar refractivity (Wildman–Crippen MR) is 139 cm³/mol. The molecule has 6 rings (SSSR count). The van der Waals surface area contributed by atoms with Crippen LogP contribution in [0.3, 0.4) is 0 Å². The summed E-state index contributed by atoms with van der Waals surface area (Å²) in [5, 5.41) is 0.478. The Balaban J connectivity index is 1.84. The van der Waals surface area contributed by atoms with Gasteiger partial charge in [0, 0.05) is 19.7 Å². The van der Waals surface area contributed by atoms with E-state index in [2.05, 4.69) is 4.57 Å². The molecule has 1 aliphatic heterocycles. The smallest absolute Gasteiger partial charge is 0.331 e. The molecule has 0 fully saturated rings. The van der Waals surface area contributed by atoms with Gasteiger partial charge in [0.2, 0.25) is 0 Å². The maximum absolute atomic E-state index is 13.7. The molecule has 3 aromatic carbocycles. The molecule has 0 saturated carbocycles. The Hall–Kier alpha value is -4.52. The van der Waals surface area contributed by atoms with Gasteiger partial charge in [-0.25, -0.2) is 4.79 Å². The highest BCUT2D eigenvalue weighted by Gasteiger charge is 2.36. The van der Waals surface area contributed by atoms with Gasteiger partial charge in [-0.3, -0.25) is 13.9 Å². The lowest BCUT2D eigenvalue weighted by molar-refractivity contribution is 0.228. The van der Waals surface area contributed by atoms with Crippen LogP contribution in [0.15, 0.2) is 82.4 Å². The van der Waals surface area contributed by atoms with Crippen molar-refractivity contribution in [3.8, 4) is 28.4 Å². The fourth-order valence-electron chi connectivity index (χ4n) is 5.13. The highest BCUT2D eigenvalue weighted by Crippen LogP contribution is 2.46. The van der Waals surface area contributed by atoms with E-state index in [0.717, 1.165) is 33.8 Å². The molecule has 0 unspecified atom stereocenters. The third-order valence-electron chi connectivity index (χ3n) is 6.93. The summed E-state index contributed by atoms with van der Waals surface area (Å²) in [7, 11) is 4.84. The van der Waals surface area contributed by atoms with Gasteiger partial charge in [-0.15, -0.1) is 0 Å². The Morgan fingerprint density at radius 1 is 0.889 bits per heavy atom. The first-order valence-electron chi connectivity index (χ1n) is 11.7. The van der Waals surface area contributed by atoms with E-state index in [4.69, 9.17) is 9.47 Å².